The highest BCUT2D eigenvalue weighted by Crippen LogP contribution is 2.39. The van der Waals surface area contributed by atoms with E-state index in [-0.39, 0.29) is 19.0 Å². The van der Waals surface area contributed by atoms with Gasteiger partial charge < -0.3 is 109 Å². The van der Waals surface area contributed by atoms with Gasteiger partial charge in [-0.3, -0.25) is 14.4 Å². The van der Waals surface area contributed by atoms with Crippen molar-refractivity contribution >= 4 is 23.8 Å². The molecule has 21 atom stereocenters. The van der Waals surface area contributed by atoms with E-state index in [4.69, 9.17) is 37.9 Å². The lowest BCUT2D eigenvalue weighted by molar-refractivity contribution is -0.389. The van der Waals surface area contributed by atoms with E-state index in [0.717, 1.165) is 33.1 Å². The monoisotopic (exact) mass is 992 g/mol. The summed E-state index contributed by atoms with van der Waals surface area (Å²) in [5.74, 6) is -7.00. The molecule has 15 unspecified atom stereocenters. The highest BCUT2D eigenvalue weighted by atomic mass is 19.1. The van der Waals surface area contributed by atoms with Gasteiger partial charge in [0.25, 0.3) is 5.79 Å². The van der Waals surface area contributed by atoms with Crippen LogP contribution in [0.25, 0.3) is 0 Å². The molecule has 0 aromatic rings. The van der Waals surface area contributed by atoms with Crippen LogP contribution in [0.4, 0.5) is 4.39 Å². The summed E-state index contributed by atoms with van der Waals surface area (Å²) in [6, 6.07) is -3.14. The van der Waals surface area contributed by atoms with Gasteiger partial charge >= 0.3 is 11.9 Å². The van der Waals surface area contributed by atoms with Crippen LogP contribution in [0.5, 0.6) is 0 Å². The minimum Gasteiger partial charge on any atom is -0.477 e. The van der Waals surface area contributed by atoms with Gasteiger partial charge in [-0.2, -0.15) is 0 Å². The lowest BCUT2D eigenvalue weighted by Gasteiger charge is -2.51. The van der Waals surface area contributed by atoms with Crippen molar-refractivity contribution in [2.45, 2.75) is 201 Å². The summed E-state index contributed by atoms with van der Waals surface area (Å²) >= 11 is 0. The van der Waals surface area contributed by atoms with Gasteiger partial charge in [0.1, 0.15) is 79.3 Å². The molecule has 394 valence electrons. The van der Waals surface area contributed by atoms with E-state index in [1.807, 2.05) is 0 Å². The van der Waals surface area contributed by atoms with Crippen molar-refractivity contribution < 1.29 is 122 Å². The first-order valence-electron chi connectivity index (χ1n) is 22.5. The number of aliphatic carboxylic acids is 1. The molecule has 4 saturated heterocycles. The highest BCUT2D eigenvalue weighted by molar-refractivity contribution is 5.77. The molecule has 26 nitrogen and oxygen atoms in total. The quantitative estimate of drug-likeness (QED) is 0.0317. The van der Waals surface area contributed by atoms with Gasteiger partial charge in [-0.05, 0) is 19.8 Å². The highest BCUT2D eigenvalue weighted by Gasteiger charge is 2.61. The van der Waals surface area contributed by atoms with Gasteiger partial charge in [0.15, 0.2) is 25.0 Å². The normalized spacial score (nSPS) is 39.6. The topological polar surface area (TPSA) is 398 Å². The molecule has 68 heavy (non-hydrogen) atoms. The molecule has 0 aromatic carbocycles. The molecule has 4 aliphatic heterocycles. The number of methoxy groups -OCH3 is 1. The Kier molecular flexibility index (Phi) is 22.5. The Labute approximate surface area is 390 Å². The fourth-order valence-electron chi connectivity index (χ4n) is 8.47. The Balaban J connectivity index is 1.69. The number of carboxylic acid groups (broad SMARTS) is 1. The smallest absolute Gasteiger partial charge is 0.364 e. The number of hydrogen-bond acceptors (Lipinski definition) is 23. The van der Waals surface area contributed by atoms with Gasteiger partial charge in [0.2, 0.25) is 11.8 Å². The number of carbonyl (C=O) groups is 4. The standard InChI is InChI=1S/C41H69FN2O24/c1-17-28(53)31(56)25(42)37(62-17)65-33-23(16-47)64-38(61-12-10-8-6-5-7-9-11-24(52)60-4)27(44-19(3)49)35(33)66-39-32(57)36(30(55)22(15-46)63-39)68-41(40(58)59)13-20(50)26(43-18(2)48)34(67-41)29(54)21(51)14-45/h17,20-23,25-39,45-47,50-51,53-57H,5-16H2,1-4H3,(H,43,48)(H,44,49)(H,58,59)/t17?,20?,21?,22?,23?,25?,26-,27?,28-,29?,30+,31?,32?,33?,34?,35-,36?,37+,38?,39?,41+/m1/s1. The molecule has 0 spiro atoms. The Morgan fingerprint density at radius 2 is 1.32 bits per heavy atom. The zero-order valence-electron chi connectivity index (χ0n) is 38.1. The number of esters is 1. The molecular formula is C41H69FN2O24. The number of aliphatic hydroxyl groups excluding tert-OH is 10. The molecule has 0 aliphatic carbocycles. The summed E-state index contributed by atoms with van der Waals surface area (Å²) in [5.41, 5.74) is 0. The fraction of sp³-hybridized carbons (Fsp3) is 0.902. The van der Waals surface area contributed by atoms with E-state index in [1.165, 1.54) is 14.0 Å². The number of alkyl halides is 1. The summed E-state index contributed by atoms with van der Waals surface area (Å²) < 4.78 is 67.4. The van der Waals surface area contributed by atoms with Gasteiger partial charge in [-0.15, -0.1) is 0 Å². The van der Waals surface area contributed by atoms with Crippen molar-refractivity contribution in [3.8, 4) is 0 Å². The molecule has 13 N–H and O–H groups in total. The summed E-state index contributed by atoms with van der Waals surface area (Å²) in [6.45, 7) is 0.342. The van der Waals surface area contributed by atoms with Crippen LogP contribution in [0.15, 0.2) is 0 Å². The average molecular weight is 993 g/mol. The molecule has 4 fully saturated rings. The molecule has 0 bridgehead atoms. The van der Waals surface area contributed by atoms with Crippen molar-refractivity contribution in [3.63, 3.8) is 0 Å². The molecule has 0 aromatic heterocycles. The molecular weight excluding hydrogens is 923 g/mol. The number of nitrogens with one attached hydrogen (secondary N) is 2. The van der Waals surface area contributed by atoms with Crippen molar-refractivity contribution in [1.29, 1.82) is 0 Å². The Morgan fingerprint density at radius 3 is 1.91 bits per heavy atom. The third-order valence-corrected chi connectivity index (χ3v) is 12.2. The summed E-state index contributed by atoms with van der Waals surface area (Å²) in [6.07, 6.45) is -31.6. The molecule has 27 heteroatoms. The van der Waals surface area contributed by atoms with Crippen LogP contribution in [-0.2, 0) is 61.8 Å². The summed E-state index contributed by atoms with van der Waals surface area (Å²) in [7, 11) is 1.31. The predicted molar refractivity (Wildman–Crippen MR) is 220 cm³/mol. The summed E-state index contributed by atoms with van der Waals surface area (Å²) in [5, 5.41) is 122. The van der Waals surface area contributed by atoms with E-state index >= 15 is 4.39 Å². The first-order valence-corrected chi connectivity index (χ1v) is 22.5. The van der Waals surface area contributed by atoms with Gasteiger partial charge in [-0.25, -0.2) is 9.18 Å². The maximum atomic E-state index is 15.6. The van der Waals surface area contributed by atoms with Crippen LogP contribution < -0.4 is 10.6 Å². The Morgan fingerprint density at radius 1 is 0.735 bits per heavy atom. The minimum atomic E-state index is -3.15. The molecule has 0 saturated carbocycles. The number of hydrogen-bond donors (Lipinski definition) is 13. The first kappa shape index (κ1) is 57.7. The number of carboxylic acids is 1. The summed E-state index contributed by atoms with van der Waals surface area (Å²) in [4.78, 5) is 49.4. The molecule has 0 radical (unpaired) electrons. The Hall–Kier alpha value is -2.91. The van der Waals surface area contributed by atoms with E-state index < -0.39 is 172 Å². The zero-order chi connectivity index (χ0) is 50.6. The second kappa shape index (κ2) is 26.5. The molecule has 4 heterocycles. The van der Waals surface area contributed by atoms with Crippen LogP contribution in [0.3, 0.4) is 0 Å². The number of carbonyl (C=O) groups excluding carboxylic acids is 3. The van der Waals surface area contributed by atoms with E-state index in [0.29, 0.717) is 19.3 Å². The molecule has 4 rings (SSSR count). The van der Waals surface area contributed by atoms with Gasteiger partial charge in [0, 0.05) is 33.3 Å². The number of aliphatic hydroxyl groups is 10. The Bertz CT molecular complexity index is 1610. The zero-order valence-corrected chi connectivity index (χ0v) is 38.1. The van der Waals surface area contributed by atoms with Crippen LogP contribution >= 0.6 is 0 Å². The number of rotatable bonds is 24. The van der Waals surface area contributed by atoms with Crippen LogP contribution in [0.1, 0.15) is 72.1 Å². The fourth-order valence-corrected chi connectivity index (χ4v) is 8.47. The maximum Gasteiger partial charge on any atom is 0.364 e. The van der Waals surface area contributed by atoms with E-state index in [1.54, 1.807) is 0 Å². The minimum absolute atomic E-state index is 0.00657. The van der Waals surface area contributed by atoms with Gasteiger partial charge in [-0.1, -0.05) is 25.7 Å². The third-order valence-electron chi connectivity index (χ3n) is 12.2. The second-order valence-corrected chi connectivity index (χ2v) is 17.3. The average Bonchev–Trinajstić information content (AvgIpc) is 3.30. The van der Waals surface area contributed by atoms with Crippen molar-refractivity contribution in [3.05, 3.63) is 0 Å². The van der Waals surface area contributed by atoms with Crippen LogP contribution in [0.2, 0.25) is 0 Å². The number of halogens is 1. The first-order chi connectivity index (χ1) is 32.1. The third kappa shape index (κ3) is 14.4. The van der Waals surface area contributed by atoms with Gasteiger partial charge in [0.05, 0.1) is 45.2 Å². The SMILES string of the molecule is COC(=O)CCCCCCCCOC1OC(CO)C(O[C@@H]2OC(C)[C@@H](O)C(O)C2F)[C@H](OC2OC(CO)[C@H](O)C(O[C@]3(C(=O)O)CC(O)[C@@H](NC(C)=O)C(C(O)C(O)CO)O3)C2O)C1NC(C)=O. The lowest BCUT2D eigenvalue weighted by Crippen LogP contribution is -2.71. The number of ether oxygens (including phenoxy) is 9. The van der Waals surface area contributed by atoms with E-state index in [9.17, 15) is 75.3 Å². The molecule has 2 amide bonds. The maximum absolute atomic E-state index is 15.6. The number of amides is 2. The van der Waals surface area contributed by atoms with Crippen molar-refractivity contribution in [2.75, 3.05) is 33.5 Å². The predicted octanol–water partition coefficient (Wildman–Crippen LogP) is -5.32. The number of unbranched alkanes of at least 4 members (excludes halogenated alkanes) is 5. The van der Waals surface area contributed by atoms with Crippen molar-refractivity contribution in [2.24, 2.45) is 0 Å². The second-order valence-electron chi connectivity index (χ2n) is 17.3. The largest absolute Gasteiger partial charge is 0.477 e. The van der Waals surface area contributed by atoms with Crippen LogP contribution in [-0.4, -0.2) is 242 Å². The van der Waals surface area contributed by atoms with Crippen LogP contribution in [0, 0.1) is 0 Å². The lowest BCUT2D eigenvalue weighted by atomic mass is 9.88. The van der Waals surface area contributed by atoms with Crippen molar-refractivity contribution in [1.82, 2.24) is 10.6 Å². The van der Waals surface area contributed by atoms with E-state index in [2.05, 4.69) is 15.4 Å². The molecule has 4 aliphatic rings.